The monoisotopic (exact) mass is 349 g/mol. The van der Waals surface area contributed by atoms with Crippen molar-refractivity contribution in [3.8, 4) is 0 Å². The molecule has 1 unspecified atom stereocenters. The van der Waals surface area contributed by atoms with Crippen LogP contribution in [0, 0.1) is 0 Å². The van der Waals surface area contributed by atoms with E-state index in [0.717, 1.165) is 23.5 Å². The van der Waals surface area contributed by atoms with Crippen molar-refractivity contribution in [2.75, 3.05) is 6.54 Å². The first kappa shape index (κ1) is 17.7. The predicted molar refractivity (Wildman–Crippen MR) is 107 cm³/mol. The van der Waals surface area contributed by atoms with Crippen molar-refractivity contribution < 1.29 is 4.57 Å². The molecule has 2 N–H and O–H groups in total. The second kappa shape index (κ2) is 8.29. The first-order chi connectivity index (χ1) is 12.2. The van der Waals surface area contributed by atoms with Crippen LogP contribution >= 0.6 is 7.14 Å². The molecule has 3 aromatic carbocycles. The summed E-state index contributed by atoms with van der Waals surface area (Å²) in [6.07, 6.45) is 1.50. The normalized spacial score (nSPS) is 12.7. The number of benzene rings is 3. The Hall–Kier alpha value is -2.15. The SMILES string of the molecule is NCCC(Cc1ccccc1)P(=O)(c1ccccc1)c1ccccc1. The quantitative estimate of drug-likeness (QED) is 0.656. The van der Waals surface area contributed by atoms with Gasteiger partial charge in [0.1, 0.15) is 7.14 Å². The van der Waals surface area contributed by atoms with Gasteiger partial charge < -0.3 is 10.3 Å². The third kappa shape index (κ3) is 3.92. The van der Waals surface area contributed by atoms with Crippen molar-refractivity contribution in [1.82, 2.24) is 0 Å². The van der Waals surface area contributed by atoms with E-state index < -0.39 is 7.14 Å². The lowest BCUT2D eigenvalue weighted by Crippen LogP contribution is -2.29. The Bertz CT molecular complexity index is 775. The second-order valence-electron chi connectivity index (χ2n) is 6.25. The molecule has 3 rings (SSSR count). The Morgan fingerprint density at radius 2 is 1.16 bits per heavy atom. The number of hydrogen-bond donors (Lipinski definition) is 1. The standard InChI is InChI=1S/C22H24NOP/c23-17-16-22(18-19-10-4-1-5-11-19)25(24,20-12-6-2-7-13-20)21-14-8-3-9-15-21/h1-15,22H,16-18,23H2. The van der Waals surface area contributed by atoms with Gasteiger partial charge in [0.2, 0.25) is 0 Å². The molecule has 2 nitrogen and oxygen atoms in total. The summed E-state index contributed by atoms with van der Waals surface area (Å²) in [5.74, 6) is 0. The second-order valence-corrected chi connectivity index (χ2v) is 9.33. The van der Waals surface area contributed by atoms with Crippen LogP contribution in [0.1, 0.15) is 12.0 Å². The summed E-state index contributed by atoms with van der Waals surface area (Å²) >= 11 is 0. The molecule has 0 saturated heterocycles. The molecule has 0 bridgehead atoms. The molecular weight excluding hydrogens is 325 g/mol. The van der Waals surface area contributed by atoms with Crippen molar-refractivity contribution in [2.45, 2.75) is 18.5 Å². The molecule has 0 aromatic heterocycles. The highest BCUT2D eigenvalue weighted by atomic mass is 31.2. The minimum atomic E-state index is -2.80. The van der Waals surface area contributed by atoms with Gasteiger partial charge in [-0.1, -0.05) is 91.0 Å². The Morgan fingerprint density at radius 3 is 1.60 bits per heavy atom. The Kier molecular flexibility index (Phi) is 5.86. The molecule has 0 aliphatic rings. The van der Waals surface area contributed by atoms with E-state index in [-0.39, 0.29) is 5.66 Å². The van der Waals surface area contributed by atoms with Gasteiger partial charge in [0, 0.05) is 16.3 Å². The third-order valence-electron chi connectivity index (χ3n) is 4.61. The van der Waals surface area contributed by atoms with Gasteiger partial charge in [0.05, 0.1) is 0 Å². The summed E-state index contributed by atoms with van der Waals surface area (Å²) < 4.78 is 14.5. The third-order valence-corrected chi connectivity index (χ3v) is 8.21. The predicted octanol–water partition coefficient (Wildman–Crippen LogP) is 3.96. The number of rotatable bonds is 7. The van der Waals surface area contributed by atoms with Crippen LogP contribution in [-0.4, -0.2) is 12.2 Å². The zero-order valence-corrected chi connectivity index (χ0v) is 15.2. The van der Waals surface area contributed by atoms with Gasteiger partial charge in [-0.15, -0.1) is 0 Å². The van der Waals surface area contributed by atoms with E-state index in [2.05, 4.69) is 12.1 Å². The van der Waals surface area contributed by atoms with Crippen LogP contribution in [0.25, 0.3) is 0 Å². The van der Waals surface area contributed by atoms with Crippen LogP contribution in [-0.2, 0) is 11.0 Å². The highest BCUT2D eigenvalue weighted by molar-refractivity contribution is 7.79. The van der Waals surface area contributed by atoms with Crippen molar-refractivity contribution in [3.05, 3.63) is 96.6 Å². The van der Waals surface area contributed by atoms with E-state index in [1.54, 1.807) is 0 Å². The van der Waals surface area contributed by atoms with Gasteiger partial charge in [-0.2, -0.15) is 0 Å². The van der Waals surface area contributed by atoms with Crippen molar-refractivity contribution in [1.29, 1.82) is 0 Å². The number of hydrogen-bond acceptors (Lipinski definition) is 2. The lowest BCUT2D eigenvalue weighted by atomic mass is 10.1. The van der Waals surface area contributed by atoms with Crippen LogP contribution in [0.4, 0.5) is 0 Å². The maximum atomic E-state index is 14.5. The summed E-state index contributed by atoms with van der Waals surface area (Å²) in [5.41, 5.74) is 7.11. The summed E-state index contributed by atoms with van der Waals surface area (Å²) in [6, 6.07) is 30.0. The zero-order chi connectivity index (χ0) is 17.5. The smallest absolute Gasteiger partial charge is 0.146 e. The van der Waals surface area contributed by atoms with Gasteiger partial charge in [-0.3, -0.25) is 0 Å². The van der Waals surface area contributed by atoms with E-state index in [1.165, 1.54) is 5.56 Å². The Labute approximate surface area is 150 Å². The molecule has 0 saturated carbocycles. The van der Waals surface area contributed by atoms with Gasteiger partial charge in [-0.25, -0.2) is 0 Å². The molecule has 0 spiro atoms. The summed E-state index contributed by atoms with van der Waals surface area (Å²) in [7, 11) is -2.80. The molecule has 128 valence electrons. The molecule has 0 heterocycles. The van der Waals surface area contributed by atoms with Crippen LogP contribution < -0.4 is 16.3 Å². The average Bonchev–Trinajstić information content (AvgIpc) is 2.69. The Balaban J connectivity index is 2.09. The van der Waals surface area contributed by atoms with E-state index in [9.17, 15) is 4.57 Å². The van der Waals surface area contributed by atoms with Crippen molar-refractivity contribution in [3.63, 3.8) is 0 Å². The molecule has 25 heavy (non-hydrogen) atoms. The molecule has 3 aromatic rings. The van der Waals surface area contributed by atoms with Gasteiger partial charge in [-0.05, 0) is 24.9 Å². The Morgan fingerprint density at radius 1 is 0.720 bits per heavy atom. The fraction of sp³-hybridized carbons (Fsp3) is 0.182. The summed E-state index contributed by atoms with van der Waals surface area (Å²) in [6.45, 7) is 0.529. The molecule has 0 fully saturated rings. The minimum absolute atomic E-state index is 0.00954. The fourth-order valence-electron chi connectivity index (χ4n) is 3.36. The van der Waals surface area contributed by atoms with E-state index in [0.29, 0.717) is 6.54 Å². The molecule has 1 atom stereocenters. The summed E-state index contributed by atoms with van der Waals surface area (Å²) in [5, 5.41) is 1.83. The minimum Gasteiger partial charge on any atom is -0.330 e. The van der Waals surface area contributed by atoms with E-state index in [4.69, 9.17) is 5.73 Å². The number of nitrogens with two attached hydrogens (primary N) is 1. The average molecular weight is 349 g/mol. The van der Waals surface area contributed by atoms with E-state index in [1.807, 2.05) is 78.9 Å². The molecule has 0 aliphatic carbocycles. The van der Waals surface area contributed by atoms with Gasteiger partial charge in [0.25, 0.3) is 0 Å². The maximum absolute atomic E-state index is 14.5. The van der Waals surface area contributed by atoms with Crippen LogP contribution in [0.15, 0.2) is 91.0 Å². The molecule has 3 heteroatoms. The zero-order valence-electron chi connectivity index (χ0n) is 14.3. The van der Waals surface area contributed by atoms with Crippen LogP contribution in [0.3, 0.4) is 0 Å². The van der Waals surface area contributed by atoms with Crippen LogP contribution in [0.2, 0.25) is 0 Å². The lowest BCUT2D eigenvalue weighted by Gasteiger charge is -2.29. The lowest BCUT2D eigenvalue weighted by molar-refractivity contribution is 0.570. The highest BCUT2D eigenvalue weighted by Gasteiger charge is 2.35. The first-order valence-electron chi connectivity index (χ1n) is 8.70. The van der Waals surface area contributed by atoms with Crippen LogP contribution in [0.5, 0.6) is 0 Å². The molecule has 0 amide bonds. The molecule has 0 radical (unpaired) electrons. The van der Waals surface area contributed by atoms with Crippen molar-refractivity contribution in [2.24, 2.45) is 5.73 Å². The van der Waals surface area contributed by atoms with Gasteiger partial charge >= 0.3 is 0 Å². The largest absolute Gasteiger partial charge is 0.330 e. The first-order valence-corrected chi connectivity index (χ1v) is 10.5. The molecular formula is C22H24NOP. The maximum Gasteiger partial charge on any atom is 0.146 e. The van der Waals surface area contributed by atoms with E-state index >= 15 is 0 Å². The fourth-order valence-corrected chi connectivity index (χ4v) is 6.71. The van der Waals surface area contributed by atoms with Gasteiger partial charge in [0.15, 0.2) is 0 Å². The topological polar surface area (TPSA) is 43.1 Å². The molecule has 0 aliphatic heterocycles. The van der Waals surface area contributed by atoms with Crippen molar-refractivity contribution >= 4 is 17.8 Å². The summed E-state index contributed by atoms with van der Waals surface area (Å²) in [4.78, 5) is 0. The highest BCUT2D eigenvalue weighted by Crippen LogP contribution is 2.51.